The van der Waals surface area contributed by atoms with E-state index in [1.165, 1.54) is 0 Å². The van der Waals surface area contributed by atoms with Crippen molar-refractivity contribution < 1.29 is 23.2 Å². The van der Waals surface area contributed by atoms with Crippen molar-refractivity contribution in [3.05, 3.63) is 64.4 Å². The minimum Gasteiger partial charge on any atom is -0.490 e. The lowest BCUT2D eigenvalue weighted by Gasteiger charge is -2.12. The van der Waals surface area contributed by atoms with Gasteiger partial charge in [-0.25, -0.2) is 0 Å². The molecule has 1 aromatic carbocycles. The van der Waals surface area contributed by atoms with E-state index in [0.717, 1.165) is 34.1 Å². The van der Waals surface area contributed by atoms with Crippen molar-refractivity contribution in [3.8, 4) is 11.5 Å². The first kappa shape index (κ1) is 21.5. The van der Waals surface area contributed by atoms with E-state index in [-0.39, 0.29) is 5.91 Å². The Bertz CT molecular complexity index is 970. The number of amides is 1. The summed E-state index contributed by atoms with van der Waals surface area (Å²) in [5.41, 5.74) is 2.87. The van der Waals surface area contributed by atoms with Crippen LogP contribution in [0.5, 0.6) is 11.5 Å². The Hall–Kier alpha value is -3.22. The molecule has 0 fully saturated rings. The molecular weight excluding hydrogens is 384 g/mol. The van der Waals surface area contributed by atoms with E-state index in [1.807, 2.05) is 52.0 Å². The number of nitrogens with one attached hydrogen (secondary N) is 1. The van der Waals surface area contributed by atoms with Gasteiger partial charge in [-0.2, -0.15) is 0 Å². The zero-order valence-electron chi connectivity index (χ0n) is 17.9. The minimum atomic E-state index is -0.240. The van der Waals surface area contributed by atoms with E-state index in [0.29, 0.717) is 44.1 Å². The molecule has 0 aliphatic carbocycles. The molecule has 0 atom stereocenters. The second kappa shape index (κ2) is 10.0. The van der Waals surface area contributed by atoms with Gasteiger partial charge in [0.05, 0.1) is 18.9 Å². The van der Waals surface area contributed by atoms with Crippen LogP contribution in [-0.2, 0) is 12.8 Å². The molecule has 0 aliphatic heterocycles. The molecule has 0 saturated carbocycles. The first-order valence-corrected chi connectivity index (χ1v) is 10.2. The van der Waals surface area contributed by atoms with E-state index in [1.54, 1.807) is 6.07 Å². The van der Waals surface area contributed by atoms with Crippen molar-refractivity contribution in [1.82, 2.24) is 10.5 Å². The highest BCUT2D eigenvalue weighted by Crippen LogP contribution is 2.28. The van der Waals surface area contributed by atoms with Gasteiger partial charge in [-0.15, -0.1) is 0 Å². The molecule has 0 unspecified atom stereocenters. The summed E-state index contributed by atoms with van der Waals surface area (Å²) >= 11 is 0. The zero-order chi connectivity index (χ0) is 21.5. The molecule has 1 amide bonds. The van der Waals surface area contributed by atoms with Gasteiger partial charge in [-0.3, -0.25) is 4.79 Å². The van der Waals surface area contributed by atoms with Crippen molar-refractivity contribution in [2.75, 3.05) is 19.8 Å². The standard InChI is InChI=1S/C23H28N2O5/c1-5-27-20-9-7-17(13-22(20)28-6-2)11-12-24-23(26)21-10-8-18(29-21)14-19-15(3)25-30-16(19)4/h7-10,13H,5-6,11-12,14H2,1-4H3,(H,24,26). The van der Waals surface area contributed by atoms with Crippen LogP contribution in [0.4, 0.5) is 0 Å². The number of hydrogen-bond donors (Lipinski definition) is 1. The van der Waals surface area contributed by atoms with Crippen LogP contribution in [0.1, 0.15) is 52.7 Å². The lowest BCUT2D eigenvalue weighted by molar-refractivity contribution is 0.0925. The smallest absolute Gasteiger partial charge is 0.287 e. The molecular formula is C23H28N2O5. The number of nitrogens with zero attached hydrogens (tertiary/aromatic N) is 1. The topological polar surface area (TPSA) is 86.7 Å². The first-order valence-electron chi connectivity index (χ1n) is 10.2. The van der Waals surface area contributed by atoms with E-state index >= 15 is 0 Å². The Kier molecular flexibility index (Phi) is 7.17. The van der Waals surface area contributed by atoms with Crippen LogP contribution in [0.25, 0.3) is 0 Å². The molecule has 0 radical (unpaired) electrons. The fourth-order valence-electron chi connectivity index (χ4n) is 3.18. The van der Waals surface area contributed by atoms with Gasteiger partial charge < -0.3 is 23.7 Å². The van der Waals surface area contributed by atoms with E-state index in [4.69, 9.17) is 18.4 Å². The molecule has 7 heteroatoms. The highest BCUT2D eigenvalue weighted by Gasteiger charge is 2.15. The van der Waals surface area contributed by atoms with E-state index in [2.05, 4.69) is 10.5 Å². The quantitative estimate of drug-likeness (QED) is 0.536. The summed E-state index contributed by atoms with van der Waals surface area (Å²) in [5.74, 6) is 2.96. The van der Waals surface area contributed by atoms with Gasteiger partial charge in [0.1, 0.15) is 11.5 Å². The van der Waals surface area contributed by atoms with Gasteiger partial charge in [0, 0.05) is 18.5 Å². The Morgan fingerprint density at radius 2 is 1.83 bits per heavy atom. The lowest BCUT2D eigenvalue weighted by Crippen LogP contribution is -2.25. The molecule has 3 rings (SSSR count). The second-order valence-corrected chi connectivity index (χ2v) is 6.90. The minimum absolute atomic E-state index is 0.240. The number of rotatable bonds is 10. The number of carbonyl (C=O) groups is 1. The van der Waals surface area contributed by atoms with Gasteiger partial charge in [-0.05, 0) is 63.9 Å². The summed E-state index contributed by atoms with van der Waals surface area (Å²) in [6, 6.07) is 9.33. The monoisotopic (exact) mass is 412 g/mol. The van der Waals surface area contributed by atoms with E-state index in [9.17, 15) is 4.79 Å². The van der Waals surface area contributed by atoms with Crippen LogP contribution in [0.2, 0.25) is 0 Å². The molecule has 7 nitrogen and oxygen atoms in total. The van der Waals surface area contributed by atoms with Gasteiger partial charge >= 0.3 is 0 Å². The number of furan rings is 1. The Morgan fingerprint density at radius 1 is 1.07 bits per heavy atom. The van der Waals surface area contributed by atoms with Crippen LogP contribution in [0.3, 0.4) is 0 Å². The van der Waals surface area contributed by atoms with Gasteiger partial charge in [0.2, 0.25) is 0 Å². The molecule has 2 heterocycles. The van der Waals surface area contributed by atoms with Crippen LogP contribution >= 0.6 is 0 Å². The first-order chi connectivity index (χ1) is 14.5. The summed E-state index contributed by atoms with van der Waals surface area (Å²) in [4.78, 5) is 12.4. The number of aryl methyl sites for hydroxylation is 2. The summed E-state index contributed by atoms with van der Waals surface area (Å²) in [6.45, 7) is 9.26. The molecule has 0 aliphatic rings. The highest BCUT2D eigenvalue weighted by atomic mass is 16.5. The molecule has 2 aromatic heterocycles. The number of benzene rings is 1. The van der Waals surface area contributed by atoms with Crippen molar-refractivity contribution in [3.63, 3.8) is 0 Å². The average Bonchev–Trinajstić information content (AvgIpc) is 3.32. The third-order valence-corrected chi connectivity index (χ3v) is 4.72. The fraction of sp³-hybridized carbons (Fsp3) is 0.391. The number of aromatic nitrogens is 1. The summed E-state index contributed by atoms with van der Waals surface area (Å²) in [6.07, 6.45) is 1.21. The van der Waals surface area contributed by atoms with Crippen molar-refractivity contribution in [2.24, 2.45) is 0 Å². The SMILES string of the molecule is CCOc1ccc(CCNC(=O)c2ccc(Cc3c(C)noc3C)o2)cc1OCC. The molecule has 0 saturated heterocycles. The molecule has 1 N–H and O–H groups in total. The van der Waals surface area contributed by atoms with Gasteiger partial charge in [0.25, 0.3) is 5.91 Å². The van der Waals surface area contributed by atoms with Crippen LogP contribution < -0.4 is 14.8 Å². The van der Waals surface area contributed by atoms with Crippen LogP contribution in [0.15, 0.2) is 39.3 Å². The number of ether oxygens (including phenoxy) is 2. The normalized spacial score (nSPS) is 10.8. The average molecular weight is 412 g/mol. The third kappa shape index (κ3) is 5.23. The summed E-state index contributed by atoms with van der Waals surface area (Å²) in [7, 11) is 0. The maximum atomic E-state index is 12.4. The second-order valence-electron chi connectivity index (χ2n) is 6.90. The maximum Gasteiger partial charge on any atom is 0.287 e. The number of hydrogen-bond acceptors (Lipinski definition) is 6. The summed E-state index contributed by atoms with van der Waals surface area (Å²) in [5, 5.41) is 6.84. The summed E-state index contributed by atoms with van der Waals surface area (Å²) < 4.78 is 22.1. The molecule has 0 bridgehead atoms. The predicted molar refractivity (Wildman–Crippen MR) is 112 cm³/mol. The van der Waals surface area contributed by atoms with Gasteiger partial charge in [-0.1, -0.05) is 11.2 Å². The van der Waals surface area contributed by atoms with Crippen LogP contribution in [0, 0.1) is 13.8 Å². The highest BCUT2D eigenvalue weighted by molar-refractivity contribution is 5.91. The number of carbonyl (C=O) groups excluding carboxylic acids is 1. The maximum absolute atomic E-state index is 12.4. The Labute approximate surface area is 176 Å². The Morgan fingerprint density at radius 3 is 2.53 bits per heavy atom. The molecule has 160 valence electrons. The third-order valence-electron chi connectivity index (χ3n) is 4.72. The van der Waals surface area contributed by atoms with Crippen molar-refractivity contribution in [2.45, 2.75) is 40.5 Å². The molecule has 0 spiro atoms. The molecule has 30 heavy (non-hydrogen) atoms. The van der Waals surface area contributed by atoms with Gasteiger partial charge in [0.15, 0.2) is 17.3 Å². The zero-order valence-corrected chi connectivity index (χ0v) is 17.9. The lowest BCUT2D eigenvalue weighted by atomic mass is 10.1. The van der Waals surface area contributed by atoms with E-state index < -0.39 is 0 Å². The predicted octanol–water partition coefficient (Wildman–Crippen LogP) is 4.25. The van der Waals surface area contributed by atoms with Crippen molar-refractivity contribution in [1.29, 1.82) is 0 Å². The van der Waals surface area contributed by atoms with Crippen molar-refractivity contribution >= 4 is 5.91 Å². The molecule has 3 aromatic rings. The Balaban J connectivity index is 1.55. The largest absolute Gasteiger partial charge is 0.490 e. The fourth-order valence-corrected chi connectivity index (χ4v) is 3.18. The van der Waals surface area contributed by atoms with Crippen LogP contribution in [-0.4, -0.2) is 30.8 Å².